The number of hydrogen-bond acceptors (Lipinski definition) is 2. The summed E-state index contributed by atoms with van der Waals surface area (Å²) in [5, 5.41) is 0. The van der Waals surface area contributed by atoms with Crippen LogP contribution in [0.5, 0.6) is 0 Å². The molecule has 0 fully saturated rings. The Morgan fingerprint density at radius 1 is 1.10 bits per heavy atom. The molecule has 1 atom stereocenters. The van der Waals surface area contributed by atoms with Crippen LogP contribution in [0, 0.1) is 0 Å². The summed E-state index contributed by atoms with van der Waals surface area (Å²) < 4.78 is 28.7. The van der Waals surface area contributed by atoms with Crippen LogP contribution in [-0.4, -0.2) is 15.0 Å². The standard InChI is InChI=1S/C15H15Br2NO2S/c1-11(12-5-3-2-4-6-12)10-18-21(19,20)15-8-7-13(16)9-14(15)17/h2-9,11,18H,10H2,1H3. The molecule has 2 aromatic carbocycles. The van der Waals surface area contributed by atoms with E-state index in [-0.39, 0.29) is 10.8 Å². The fraction of sp³-hybridized carbons (Fsp3) is 0.200. The summed E-state index contributed by atoms with van der Waals surface area (Å²) in [6.45, 7) is 2.35. The lowest BCUT2D eigenvalue weighted by molar-refractivity contribution is 0.574. The van der Waals surface area contributed by atoms with Crippen LogP contribution in [0.2, 0.25) is 0 Å². The van der Waals surface area contributed by atoms with E-state index >= 15 is 0 Å². The van der Waals surface area contributed by atoms with Crippen molar-refractivity contribution in [2.45, 2.75) is 17.7 Å². The van der Waals surface area contributed by atoms with Crippen LogP contribution < -0.4 is 4.72 Å². The second kappa shape index (κ2) is 7.05. The van der Waals surface area contributed by atoms with Gasteiger partial charge in [-0.3, -0.25) is 0 Å². The molecule has 0 spiro atoms. The molecule has 2 rings (SSSR count). The van der Waals surface area contributed by atoms with Gasteiger partial charge in [0.1, 0.15) is 0 Å². The first-order valence-corrected chi connectivity index (χ1v) is 9.47. The second-order valence-electron chi connectivity index (χ2n) is 4.74. The zero-order chi connectivity index (χ0) is 15.5. The molecule has 0 aliphatic carbocycles. The molecule has 2 aromatic rings. The second-order valence-corrected chi connectivity index (χ2v) is 8.24. The summed E-state index contributed by atoms with van der Waals surface area (Å²) in [6.07, 6.45) is 0. The van der Waals surface area contributed by atoms with Crippen molar-refractivity contribution in [1.82, 2.24) is 4.72 Å². The van der Waals surface area contributed by atoms with Crippen molar-refractivity contribution in [2.24, 2.45) is 0 Å². The minimum atomic E-state index is -3.53. The highest BCUT2D eigenvalue weighted by molar-refractivity contribution is 9.11. The van der Waals surface area contributed by atoms with Crippen LogP contribution in [0.3, 0.4) is 0 Å². The van der Waals surface area contributed by atoms with E-state index in [9.17, 15) is 8.42 Å². The third-order valence-corrected chi connectivity index (χ3v) is 6.03. The van der Waals surface area contributed by atoms with Crippen molar-refractivity contribution in [3.05, 3.63) is 63.0 Å². The SMILES string of the molecule is CC(CNS(=O)(=O)c1ccc(Br)cc1Br)c1ccccc1. The number of benzene rings is 2. The van der Waals surface area contributed by atoms with Crippen molar-refractivity contribution in [1.29, 1.82) is 0 Å². The molecule has 0 aliphatic rings. The average Bonchev–Trinajstić information content (AvgIpc) is 2.45. The molecule has 0 bridgehead atoms. The lowest BCUT2D eigenvalue weighted by Crippen LogP contribution is -2.28. The lowest BCUT2D eigenvalue weighted by Gasteiger charge is -2.14. The van der Waals surface area contributed by atoms with Gasteiger partial charge in [0.15, 0.2) is 0 Å². The van der Waals surface area contributed by atoms with Gasteiger partial charge in [-0.25, -0.2) is 13.1 Å². The maximum absolute atomic E-state index is 12.3. The summed E-state index contributed by atoms with van der Waals surface area (Å²) in [6, 6.07) is 14.8. The molecule has 112 valence electrons. The van der Waals surface area contributed by atoms with Gasteiger partial charge in [0.2, 0.25) is 10.0 Å². The van der Waals surface area contributed by atoms with Crippen LogP contribution in [-0.2, 0) is 10.0 Å². The van der Waals surface area contributed by atoms with Gasteiger partial charge in [-0.15, -0.1) is 0 Å². The van der Waals surface area contributed by atoms with Gasteiger partial charge in [0.25, 0.3) is 0 Å². The maximum atomic E-state index is 12.3. The highest BCUT2D eigenvalue weighted by Crippen LogP contribution is 2.26. The van der Waals surface area contributed by atoms with Crippen molar-refractivity contribution in [3.63, 3.8) is 0 Å². The Hall–Kier alpha value is -0.690. The van der Waals surface area contributed by atoms with E-state index in [1.807, 2.05) is 37.3 Å². The monoisotopic (exact) mass is 431 g/mol. The molecule has 1 unspecified atom stereocenters. The van der Waals surface area contributed by atoms with Gasteiger partial charge in [-0.2, -0.15) is 0 Å². The predicted octanol–water partition coefficient (Wildman–Crippen LogP) is 4.29. The van der Waals surface area contributed by atoms with Gasteiger partial charge in [-0.05, 0) is 45.6 Å². The topological polar surface area (TPSA) is 46.2 Å². The van der Waals surface area contributed by atoms with E-state index in [1.165, 1.54) is 0 Å². The van der Waals surface area contributed by atoms with Crippen molar-refractivity contribution in [2.75, 3.05) is 6.54 Å². The Balaban J connectivity index is 2.11. The lowest BCUT2D eigenvalue weighted by atomic mass is 10.0. The predicted molar refractivity (Wildman–Crippen MR) is 91.9 cm³/mol. The third kappa shape index (κ3) is 4.39. The molecule has 1 N–H and O–H groups in total. The van der Waals surface area contributed by atoms with Gasteiger partial charge in [0, 0.05) is 15.5 Å². The first-order valence-electron chi connectivity index (χ1n) is 6.40. The number of rotatable bonds is 5. The van der Waals surface area contributed by atoms with E-state index in [4.69, 9.17) is 0 Å². The van der Waals surface area contributed by atoms with E-state index < -0.39 is 10.0 Å². The van der Waals surface area contributed by atoms with E-state index in [1.54, 1.807) is 18.2 Å². The average molecular weight is 433 g/mol. The van der Waals surface area contributed by atoms with Crippen LogP contribution in [0.1, 0.15) is 18.4 Å². The van der Waals surface area contributed by atoms with Gasteiger partial charge in [0.05, 0.1) is 4.90 Å². The Morgan fingerprint density at radius 2 is 1.76 bits per heavy atom. The quantitative estimate of drug-likeness (QED) is 0.765. The number of nitrogens with one attached hydrogen (secondary N) is 1. The van der Waals surface area contributed by atoms with Crippen LogP contribution in [0.15, 0.2) is 62.4 Å². The molecule has 0 heterocycles. The fourth-order valence-corrected chi connectivity index (χ4v) is 4.78. The van der Waals surface area contributed by atoms with Crippen LogP contribution in [0.25, 0.3) is 0 Å². The highest BCUT2D eigenvalue weighted by atomic mass is 79.9. The van der Waals surface area contributed by atoms with Gasteiger partial charge >= 0.3 is 0 Å². The van der Waals surface area contributed by atoms with E-state index in [2.05, 4.69) is 36.6 Å². The Morgan fingerprint density at radius 3 is 2.38 bits per heavy atom. The molecular weight excluding hydrogens is 418 g/mol. The summed E-state index contributed by atoms with van der Waals surface area (Å²) >= 11 is 6.60. The Kier molecular flexibility index (Phi) is 5.60. The van der Waals surface area contributed by atoms with Crippen molar-refractivity contribution < 1.29 is 8.42 Å². The van der Waals surface area contributed by atoms with Crippen molar-refractivity contribution in [3.8, 4) is 0 Å². The first-order chi connectivity index (χ1) is 9.90. The molecule has 0 radical (unpaired) electrons. The fourth-order valence-electron chi connectivity index (χ4n) is 1.91. The molecule has 3 nitrogen and oxygen atoms in total. The van der Waals surface area contributed by atoms with Crippen molar-refractivity contribution >= 4 is 41.9 Å². The maximum Gasteiger partial charge on any atom is 0.241 e. The minimum absolute atomic E-state index is 0.107. The molecule has 6 heteroatoms. The van der Waals surface area contributed by atoms with E-state index in [0.29, 0.717) is 11.0 Å². The number of sulfonamides is 1. The third-order valence-electron chi connectivity index (χ3n) is 3.13. The Bertz CT molecular complexity index is 718. The van der Waals surface area contributed by atoms with Gasteiger partial charge < -0.3 is 0 Å². The highest BCUT2D eigenvalue weighted by Gasteiger charge is 2.18. The summed E-state index contributed by atoms with van der Waals surface area (Å²) in [5.41, 5.74) is 1.11. The van der Waals surface area contributed by atoms with E-state index in [0.717, 1.165) is 10.0 Å². The first kappa shape index (κ1) is 16.7. The minimum Gasteiger partial charge on any atom is -0.211 e. The zero-order valence-electron chi connectivity index (χ0n) is 11.4. The summed E-state index contributed by atoms with van der Waals surface area (Å²) in [7, 11) is -3.53. The summed E-state index contributed by atoms with van der Waals surface area (Å²) in [4.78, 5) is 0.242. The smallest absolute Gasteiger partial charge is 0.211 e. The molecule has 0 amide bonds. The van der Waals surface area contributed by atoms with Crippen LogP contribution >= 0.6 is 31.9 Å². The molecule has 0 saturated carbocycles. The molecule has 0 saturated heterocycles. The molecular formula is C15H15Br2NO2S. The number of hydrogen-bond donors (Lipinski definition) is 1. The zero-order valence-corrected chi connectivity index (χ0v) is 15.4. The Labute approximate surface area is 142 Å². The van der Waals surface area contributed by atoms with Crippen LogP contribution in [0.4, 0.5) is 0 Å². The number of halogens is 2. The molecule has 21 heavy (non-hydrogen) atoms. The largest absolute Gasteiger partial charge is 0.241 e. The summed E-state index contributed by atoms with van der Waals surface area (Å²) in [5.74, 6) is 0.107. The normalized spacial score (nSPS) is 13.1. The molecule has 0 aromatic heterocycles. The molecule has 0 aliphatic heterocycles. The van der Waals surface area contributed by atoms with Gasteiger partial charge in [-0.1, -0.05) is 53.2 Å².